The van der Waals surface area contributed by atoms with Crippen molar-refractivity contribution in [3.63, 3.8) is 0 Å². The Balaban J connectivity index is 0.000000151. The Morgan fingerprint density at radius 1 is 0.603 bits per heavy atom. The highest BCUT2D eigenvalue weighted by atomic mass is 79.9. The number of rotatable bonds is 5. The molecule has 7 aromatic rings. The molecule has 1 saturated heterocycles. The Kier molecular flexibility index (Phi) is 12.2. The van der Waals surface area contributed by atoms with Crippen LogP contribution in [0, 0.1) is 34.6 Å². The fourth-order valence-electron chi connectivity index (χ4n) is 5.98. The lowest BCUT2D eigenvalue weighted by Crippen LogP contribution is -2.41. The molecule has 5 heterocycles. The first-order valence-electron chi connectivity index (χ1n) is 17.9. The Morgan fingerprint density at radius 3 is 1.52 bits per heavy atom. The fourth-order valence-corrected chi connectivity index (χ4v) is 6.59. The van der Waals surface area contributed by atoms with Crippen molar-refractivity contribution in [2.75, 3.05) is 0 Å². The van der Waals surface area contributed by atoms with Gasteiger partial charge in [0.05, 0.1) is 21.4 Å². The van der Waals surface area contributed by atoms with Crippen LogP contribution >= 0.6 is 15.9 Å². The predicted octanol–water partition coefficient (Wildman–Crippen LogP) is 8.81. The summed E-state index contributed by atoms with van der Waals surface area (Å²) in [6, 6.07) is 21.5. The van der Waals surface area contributed by atoms with Crippen LogP contribution < -0.4 is 5.46 Å². The van der Waals surface area contributed by atoms with Crippen LogP contribution in [0.3, 0.4) is 0 Å². The molecule has 0 unspecified atom stereocenters. The van der Waals surface area contributed by atoms with Crippen molar-refractivity contribution in [2.24, 2.45) is 21.1 Å². The Labute approximate surface area is 342 Å². The summed E-state index contributed by atoms with van der Waals surface area (Å²) in [5.74, 6) is -1.55. The minimum atomic E-state index is -0.693. The summed E-state index contributed by atoms with van der Waals surface area (Å²) in [4.78, 5) is 3.69. The summed E-state index contributed by atoms with van der Waals surface area (Å²) >= 11 is 3.40. The summed E-state index contributed by atoms with van der Waals surface area (Å²) in [5, 5.41) is 21.9. The van der Waals surface area contributed by atoms with Gasteiger partial charge in [-0.15, -0.1) is 0 Å². The Bertz CT molecular complexity index is 2570. The average Bonchev–Trinajstić information content (AvgIpc) is 3.92. The van der Waals surface area contributed by atoms with Crippen LogP contribution in [-0.2, 0) is 30.5 Å². The molecule has 0 bridgehead atoms. The second kappa shape index (κ2) is 16.9. The highest BCUT2D eigenvalue weighted by Gasteiger charge is 2.52. The van der Waals surface area contributed by atoms with E-state index in [9.17, 15) is 17.6 Å². The molecule has 4 aromatic heterocycles. The molecular weight excluding hydrogens is 815 g/mol. The molecule has 0 radical (unpaired) electrons. The number of aryl methyl sites for hydroxylation is 3. The predicted molar refractivity (Wildman–Crippen MR) is 217 cm³/mol. The highest BCUT2D eigenvalue weighted by Crippen LogP contribution is 2.37. The molecule has 10 nitrogen and oxygen atoms in total. The largest absolute Gasteiger partial charge is 0.498 e. The van der Waals surface area contributed by atoms with Gasteiger partial charge >= 0.3 is 7.12 Å². The number of benzene rings is 3. The second-order valence-corrected chi connectivity index (χ2v) is 15.3. The third-order valence-electron chi connectivity index (χ3n) is 9.62. The number of hydrogen-bond donors (Lipinski definition) is 0. The lowest BCUT2D eigenvalue weighted by atomic mass is 9.78. The summed E-state index contributed by atoms with van der Waals surface area (Å²) in [6.07, 6.45) is 6.77. The number of pyridine rings is 1. The van der Waals surface area contributed by atoms with E-state index in [2.05, 4.69) is 36.2 Å². The van der Waals surface area contributed by atoms with Crippen molar-refractivity contribution < 1.29 is 26.9 Å². The summed E-state index contributed by atoms with van der Waals surface area (Å²) in [6.45, 7) is 8.06. The first kappa shape index (κ1) is 41.7. The first-order valence-corrected chi connectivity index (χ1v) is 18.7. The van der Waals surface area contributed by atoms with Gasteiger partial charge in [-0.3, -0.25) is 14.0 Å². The molecule has 0 N–H and O–H groups in total. The number of halogens is 5. The molecule has 8 rings (SSSR count). The van der Waals surface area contributed by atoms with Crippen LogP contribution in [0.25, 0.3) is 44.9 Å². The molecule has 1 fully saturated rings. The van der Waals surface area contributed by atoms with E-state index in [-0.39, 0.29) is 28.7 Å². The zero-order valence-electron chi connectivity index (χ0n) is 32.7. The average molecular weight is 854 g/mol. The number of nitrogens with zero attached hydrogens (tertiary/aromatic N) is 8. The maximum absolute atomic E-state index is 14.3. The zero-order chi connectivity index (χ0) is 41.9. The van der Waals surface area contributed by atoms with E-state index in [0.29, 0.717) is 16.8 Å². The zero-order valence-corrected chi connectivity index (χ0v) is 34.3. The van der Waals surface area contributed by atoms with Gasteiger partial charge in [0, 0.05) is 79.2 Å². The van der Waals surface area contributed by atoms with Crippen molar-refractivity contribution in [2.45, 2.75) is 38.9 Å². The molecular formula is C42H38BBrF4N8O2. The SMILES string of the molecule is Cn1cc(-c2ccnc(C#N)c2F)c(-c2ccc(F)cc2)n1.Cn1cc(B2OC(C)(C)C(C)(C)O2)c(-c2ccc(F)cc2)n1.Cn1cc(Br)c(-c2ccc(F)cc2)n1. The molecule has 0 aliphatic carbocycles. The molecule has 0 saturated carbocycles. The lowest BCUT2D eigenvalue weighted by molar-refractivity contribution is 0.00578. The van der Waals surface area contributed by atoms with Crippen LogP contribution in [0.2, 0.25) is 0 Å². The van der Waals surface area contributed by atoms with E-state index < -0.39 is 24.1 Å². The van der Waals surface area contributed by atoms with Gasteiger partial charge in [-0.1, -0.05) is 0 Å². The van der Waals surface area contributed by atoms with Gasteiger partial charge in [-0.05, 0) is 122 Å². The Hall–Kier alpha value is -5.89. The van der Waals surface area contributed by atoms with Crippen molar-refractivity contribution >= 4 is 28.5 Å². The standard InChI is InChI=1S/C16H20BFN2O2.C16H10F2N4.C10H8BrFN2/c1-15(2)16(3,4)22-17(21-15)13-10-20(5)19-14(13)11-6-8-12(18)9-7-11;1-22-9-13(12-6-7-20-14(8-19)15(12)18)16(21-22)10-2-4-11(17)5-3-10;1-14-6-9(11)10(13-14)7-2-4-8(12)5-3-7/h6-10H,1-5H3;2-7,9H,1H3;2-6H,1H3. The summed E-state index contributed by atoms with van der Waals surface area (Å²) in [5.41, 5.74) is 5.01. The van der Waals surface area contributed by atoms with Crippen LogP contribution in [0.4, 0.5) is 17.6 Å². The minimum Gasteiger partial charge on any atom is -0.399 e. The molecule has 0 atom stereocenters. The van der Waals surface area contributed by atoms with Gasteiger partial charge in [-0.2, -0.15) is 20.6 Å². The molecule has 296 valence electrons. The second-order valence-electron chi connectivity index (χ2n) is 14.4. The van der Waals surface area contributed by atoms with Crippen LogP contribution in [0.5, 0.6) is 0 Å². The normalized spacial score (nSPS) is 13.9. The van der Waals surface area contributed by atoms with Crippen molar-refractivity contribution in [3.8, 4) is 51.0 Å². The third-order valence-corrected chi connectivity index (χ3v) is 10.2. The van der Waals surface area contributed by atoms with Gasteiger partial charge in [-0.25, -0.2) is 22.5 Å². The summed E-state index contributed by atoms with van der Waals surface area (Å²) < 4.78 is 71.3. The van der Waals surface area contributed by atoms with Gasteiger partial charge in [0.2, 0.25) is 0 Å². The molecule has 16 heteroatoms. The maximum atomic E-state index is 14.3. The molecule has 0 amide bonds. The number of nitriles is 1. The van der Waals surface area contributed by atoms with E-state index in [4.69, 9.17) is 14.6 Å². The number of aromatic nitrogens is 7. The monoisotopic (exact) mass is 852 g/mol. The van der Waals surface area contributed by atoms with E-state index in [1.165, 1.54) is 48.7 Å². The highest BCUT2D eigenvalue weighted by molar-refractivity contribution is 9.10. The maximum Gasteiger partial charge on any atom is 0.498 e. The van der Waals surface area contributed by atoms with E-state index in [1.807, 2.05) is 54.2 Å². The minimum absolute atomic E-state index is 0.235. The van der Waals surface area contributed by atoms with Crippen molar-refractivity contribution in [1.29, 1.82) is 5.26 Å². The molecule has 1 aliphatic rings. The third kappa shape index (κ3) is 9.12. The molecule has 0 spiro atoms. The molecule has 58 heavy (non-hydrogen) atoms. The number of hydrogen-bond acceptors (Lipinski definition) is 7. The topological polar surface area (TPSA) is 109 Å². The summed E-state index contributed by atoms with van der Waals surface area (Å²) in [7, 11) is 4.92. The van der Waals surface area contributed by atoms with Gasteiger partial charge < -0.3 is 9.31 Å². The molecule has 3 aromatic carbocycles. The fraction of sp³-hybridized carbons (Fsp3) is 0.214. The van der Waals surface area contributed by atoms with E-state index >= 15 is 0 Å². The van der Waals surface area contributed by atoms with E-state index in [0.717, 1.165) is 32.5 Å². The van der Waals surface area contributed by atoms with Crippen molar-refractivity contribution in [1.82, 2.24) is 34.3 Å². The smallest absolute Gasteiger partial charge is 0.399 e. The van der Waals surface area contributed by atoms with E-state index in [1.54, 1.807) is 69.8 Å². The van der Waals surface area contributed by atoms with Crippen molar-refractivity contribution in [3.05, 3.63) is 137 Å². The van der Waals surface area contributed by atoms with Crippen LogP contribution in [-0.4, -0.2) is 52.6 Å². The van der Waals surface area contributed by atoms with Crippen LogP contribution in [0.15, 0.2) is 108 Å². The van der Waals surface area contributed by atoms with Crippen LogP contribution in [0.1, 0.15) is 33.4 Å². The van der Waals surface area contributed by atoms with Gasteiger partial charge in [0.15, 0.2) is 11.5 Å². The quantitative estimate of drug-likeness (QED) is 0.126. The van der Waals surface area contributed by atoms with Gasteiger partial charge in [0.1, 0.15) is 34.9 Å². The lowest BCUT2D eigenvalue weighted by Gasteiger charge is -2.32. The molecule has 1 aliphatic heterocycles. The Morgan fingerprint density at radius 2 is 1.03 bits per heavy atom. The van der Waals surface area contributed by atoms with Gasteiger partial charge in [0.25, 0.3) is 0 Å². The first-order chi connectivity index (χ1) is 27.5.